The van der Waals surface area contributed by atoms with E-state index >= 15 is 0 Å². The smallest absolute Gasteiger partial charge is 0.325 e. The van der Waals surface area contributed by atoms with Crippen LogP contribution in [0.3, 0.4) is 0 Å². The van der Waals surface area contributed by atoms with Gasteiger partial charge in [0.05, 0.1) is 4.92 Å². The lowest BCUT2D eigenvalue weighted by Crippen LogP contribution is -2.47. The highest BCUT2D eigenvalue weighted by atomic mass is 16.6. The number of nitro benzene ring substituents is 1. The molecule has 1 aliphatic heterocycles. The van der Waals surface area contributed by atoms with E-state index in [2.05, 4.69) is 10.6 Å². The third-order valence-electron chi connectivity index (χ3n) is 5.31. The number of aryl methyl sites for hydroxylation is 1. The second-order valence-corrected chi connectivity index (χ2v) is 7.09. The molecular weight excluding hydrogens is 376 g/mol. The fraction of sp³-hybridized carbons (Fsp3) is 0.250. The Morgan fingerprint density at radius 1 is 1.17 bits per heavy atom. The number of hydrogen-bond acceptors (Lipinski definition) is 5. The summed E-state index contributed by atoms with van der Waals surface area (Å²) in [7, 11) is 0. The van der Waals surface area contributed by atoms with Gasteiger partial charge < -0.3 is 10.6 Å². The summed E-state index contributed by atoms with van der Waals surface area (Å²) < 4.78 is 0. The molecule has 1 unspecified atom stereocenters. The van der Waals surface area contributed by atoms with Crippen LogP contribution in [0.1, 0.15) is 24.0 Å². The number of amides is 4. The molecule has 148 valence electrons. The molecule has 2 aliphatic rings. The third kappa shape index (κ3) is 3.20. The first-order chi connectivity index (χ1) is 13.9. The van der Waals surface area contributed by atoms with Crippen molar-refractivity contribution in [3.8, 4) is 0 Å². The number of anilines is 1. The van der Waals surface area contributed by atoms with Gasteiger partial charge in [0.2, 0.25) is 5.91 Å². The summed E-state index contributed by atoms with van der Waals surface area (Å²) >= 11 is 0. The highest BCUT2D eigenvalue weighted by Crippen LogP contribution is 2.39. The highest BCUT2D eigenvalue weighted by Gasteiger charge is 2.54. The predicted molar refractivity (Wildman–Crippen MR) is 103 cm³/mol. The number of imide groups is 1. The van der Waals surface area contributed by atoms with Gasteiger partial charge in [-0.15, -0.1) is 0 Å². The first kappa shape index (κ1) is 18.6. The second-order valence-electron chi connectivity index (χ2n) is 7.09. The molecule has 1 heterocycles. The molecule has 4 rings (SSSR count). The van der Waals surface area contributed by atoms with Crippen LogP contribution < -0.4 is 10.6 Å². The summed E-state index contributed by atoms with van der Waals surface area (Å²) in [4.78, 5) is 49.1. The maximum atomic E-state index is 13.2. The minimum absolute atomic E-state index is 0.102. The number of fused-ring (bicyclic) bond motifs is 2. The van der Waals surface area contributed by atoms with E-state index in [1.807, 2.05) is 24.3 Å². The Hall–Kier alpha value is -3.75. The van der Waals surface area contributed by atoms with Crippen molar-refractivity contribution in [2.24, 2.45) is 0 Å². The fourth-order valence-electron chi connectivity index (χ4n) is 3.97. The number of nitro groups is 1. The number of nitrogens with one attached hydrogen (secondary N) is 2. The molecule has 1 aliphatic carbocycles. The zero-order chi connectivity index (χ0) is 20.6. The van der Waals surface area contributed by atoms with Crippen LogP contribution in [0.15, 0.2) is 48.5 Å². The number of non-ortho nitro benzene ring substituents is 1. The molecule has 29 heavy (non-hydrogen) atoms. The first-order valence-electron chi connectivity index (χ1n) is 9.17. The van der Waals surface area contributed by atoms with E-state index in [4.69, 9.17) is 0 Å². The molecule has 1 fully saturated rings. The summed E-state index contributed by atoms with van der Waals surface area (Å²) in [5, 5.41) is 16.0. The number of nitrogens with zero attached hydrogens (tertiary/aromatic N) is 2. The Labute approximate surface area is 165 Å². The van der Waals surface area contributed by atoms with E-state index in [0.717, 1.165) is 28.9 Å². The van der Waals surface area contributed by atoms with E-state index in [1.165, 1.54) is 24.3 Å². The van der Waals surface area contributed by atoms with Gasteiger partial charge in [0.15, 0.2) is 0 Å². The van der Waals surface area contributed by atoms with Crippen molar-refractivity contribution in [2.45, 2.75) is 24.8 Å². The van der Waals surface area contributed by atoms with Crippen LogP contribution in [-0.2, 0) is 21.5 Å². The summed E-state index contributed by atoms with van der Waals surface area (Å²) in [6.07, 6.45) is 2.07. The van der Waals surface area contributed by atoms with Crippen LogP contribution in [0.5, 0.6) is 0 Å². The van der Waals surface area contributed by atoms with Crippen LogP contribution in [0.4, 0.5) is 16.2 Å². The normalized spacial score (nSPS) is 20.3. The molecule has 4 amide bonds. The molecule has 1 atom stereocenters. The van der Waals surface area contributed by atoms with Gasteiger partial charge in [0.1, 0.15) is 12.1 Å². The summed E-state index contributed by atoms with van der Waals surface area (Å²) in [5.74, 6) is -1.00. The predicted octanol–water partition coefficient (Wildman–Crippen LogP) is 2.32. The zero-order valence-electron chi connectivity index (χ0n) is 15.4. The van der Waals surface area contributed by atoms with Gasteiger partial charge >= 0.3 is 6.03 Å². The molecule has 1 saturated heterocycles. The highest BCUT2D eigenvalue weighted by molar-refractivity contribution is 6.10. The molecule has 1 spiro atoms. The van der Waals surface area contributed by atoms with E-state index in [9.17, 15) is 24.5 Å². The Morgan fingerprint density at radius 2 is 1.90 bits per heavy atom. The number of carbonyl (C=O) groups excluding carboxylic acids is 3. The van der Waals surface area contributed by atoms with Gasteiger partial charge in [-0.2, -0.15) is 0 Å². The van der Waals surface area contributed by atoms with Crippen LogP contribution in [0, 0.1) is 10.1 Å². The van der Waals surface area contributed by atoms with Crippen molar-refractivity contribution in [3.63, 3.8) is 0 Å². The summed E-state index contributed by atoms with van der Waals surface area (Å²) in [6, 6.07) is 12.2. The maximum absolute atomic E-state index is 13.2. The summed E-state index contributed by atoms with van der Waals surface area (Å²) in [5.41, 5.74) is 0.910. The molecular formula is C20H18N4O5. The van der Waals surface area contributed by atoms with Crippen LogP contribution in [0.2, 0.25) is 0 Å². The lowest BCUT2D eigenvalue weighted by molar-refractivity contribution is -0.384. The molecule has 2 aromatic carbocycles. The van der Waals surface area contributed by atoms with Gasteiger partial charge in [-0.1, -0.05) is 24.3 Å². The minimum atomic E-state index is -1.13. The second kappa shape index (κ2) is 7.01. The largest absolute Gasteiger partial charge is 0.325 e. The van der Waals surface area contributed by atoms with E-state index < -0.39 is 34.9 Å². The topological polar surface area (TPSA) is 122 Å². The molecule has 9 nitrogen and oxygen atoms in total. The number of hydrogen-bond donors (Lipinski definition) is 2. The molecule has 0 aromatic heterocycles. The number of urea groups is 1. The maximum Gasteiger partial charge on any atom is 0.325 e. The number of rotatable bonds is 4. The molecule has 0 bridgehead atoms. The average Bonchev–Trinajstić information content (AvgIpc) is 2.93. The Kier molecular flexibility index (Phi) is 4.50. The Morgan fingerprint density at radius 3 is 2.62 bits per heavy atom. The third-order valence-corrected chi connectivity index (χ3v) is 5.31. The molecule has 0 radical (unpaired) electrons. The number of benzene rings is 2. The lowest BCUT2D eigenvalue weighted by atomic mass is 9.76. The fourth-order valence-corrected chi connectivity index (χ4v) is 3.97. The van der Waals surface area contributed by atoms with Crippen molar-refractivity contribution in [1.82, 2.24) is 10.2 Å². The van der Waals surface area contributed by atoms with Crippen molar-refractivity contribution in [2.75, 3.05) is 11.9 Å². The quantitative estimate of drug-likeness (QED) is 0.468. The zero-order valence-corrected chi connectivity index (χ0v) is 15.4. The van der Waals surface area contributed by atoms with Crippen LogP contribution in [-0.4, -0.2) is 34.2 Å². The van der Waals surface area contributed by atoms with Crippen LogP contribution >= 0.6 is 0 Å². The van der Waals surface area contributed by atoms with Crippen molar-refractivity contribution < 1.29 is 19.3 Å². The molecule has 2 N–H and O–H groups in total. The SMILES string of the molecule is O=C(CN1C(=O)NC2(CCCc3ccccc32)C1=O)Nc1ccc([N+](=O)[O-])cc1. The average molecular weight is 394 g/mol. The van der Waals surface area contributed by atoms with Crippen molar-refractivity contribution >= 4 is 29.2 Å². The number of carbonyl (C=O) groups is 3. The molecule has 2 aromatic rings. The standard InChI is InChI=1S/C20H18N4O5/c25-17(21-14-7-9-15(10-8-14)24(28)29)12-23-18(26)20(22-19(23)27)11-3-5-13-4-1-2-6-16(13)20/h1-2,4,6-10H,3,5,11-12H2,(H,21,25)(H,22,27). The van der Waals surface area contributed by atoms with E-state index in [-0.39, 0.29) is 5.69 Å². The Balaban J connectivity index is 1.50. The van der Waals surface area contributed by atoms with Gasteiger partial charge in [-0.3, -0.25) is 24.6 Å². The minimum Gasteiger partial charge on any atom is -0.325 e. The molecule has 0 saturated carbocycles. The van der Waals surface area contributed by atoms with Gasteiger partial charge in [-0.05, 0) is 42.5 Å². The molecule has 9 heteroatoms. The van der Waals surface area contributed by atoms with E-state index in [1.54, 1.807) is 0 Å². The van der Waals surface area contributed by atoms with Gasteiger partial charge in [-0.25, -0.2) is 4.79 Å². The first-order valence-corrected chi connectivity index (χ1v) is 9.17. The van der Waals surface area contributed by atoms with Gasteiger partial charge in [0, 0.05) is 17.8 Å². The van der Waals surface area contributed by atoms with Crippen molar-refractivity contribution in [3.05, 3.63) is 69.8 Å². The van der Waals surface area contributed by atoms with Crippen molar-refractivity contribution in [1.29, 1.82) is 0 Å². The lowest BCUT2D eigenvalue weighted by Gasteiger charge is -2.33. The van der Waals surface area contributed by atoms with Crippen LogP contribution in [0.25, 0.3) is 0 Å². The Bertz CT molecular complexity index is 1020. The monoisotopic (exact) mass is 394 g/mol. The van der Waals surface area contributed by atoms with E-state index in [0.29, 0.717) is 12.1 Å². The van der Waals surface area contributed by atoms with Gasteiger partial charge in [0.25, 0.3) is 11.6 Å². The summed E-state index contributed by atoms with van der Waals surface area (Å²) in [6.45, 7) is -0.439.